The van der Waals surface area contributed by atoms with E-state index in [1.54, 1.807) is 0 Å². The predicted octanol–water partition coefficient (Wildman–Crippen LogP) is 3.03. The van der Waals surface area contributed by atoms with Gasteiger partial charge >= 0.3 is 6.18 Å². The molecule has 2 nitrogen and oxygen atoms in total. The lowest BCUT2D eigenvalue weighted by molar-refractivity contribution is -0.185. The molecule has 0 unspecified atom stereocenters. The second kappa shape index (κ2) is 6.24. The molecule has 0 radical (unpaired) electrons. The van der Waals surface area contributed by atoms with E-state index < -0.39 is 12.1 Å². The molecule has 2 N–H and O–H groups in total. The van der Waals surface area contributed by atoms with Crippen LogP contribution >= 0.6 is 0 Å². The third kappa shape index (κ3) is 5.14. The highest BCUT2D eigenvalue weighted by molar-refractivity contribution is 4.78. The molecule has 0 amide bonds. The average molecular weight is 266 g/mol. The van der Waals surface area contributed by atoms with Gasteiger partial charge in [0.25, 0.3) is 0 Å². The van der Waals surface area contributed by atoms with Crippen molar-refractivity contribution >= 4 is 0 Å². The van der Waals surface area contributed by atoms with Gasteiger partial charge in [0.2, 0.25) is 0 Å². The van der Waals surface area contributed by atoms with Crippen LogP contribution in [0, 0.1) is 11.3 Å². The lowest BCUT2D eigenvalue weighted by Gasteiger charge is -2.33. The molecule has 0 spiro atoms. The van der Waals surface area contributed by atoms with Gasteiger partial charge in [0, 0.05) is 0 Å². The number of rotatable bonds is 5. The lowest BCUT2D eigenvalue weighted by Crippen LogP contribution is -2.39. The quantitative estimate of drug-likeness (QED) is 0.828. The van der Waals surface area contributed by atoms with Gasteiger partial charge in [-0.05, 0) is 57.3 Å². The second-order valence-corrected chi connectivity index (χ2v) is 6.13. The molecule has 5 heteroatoms. The first-order valence-electron chi connectivity index (χ1n) is 6.74. The molecule has 1 aliphatic heterocycles. The Kier molecular flexibility index (Phi) is 5.46. The molecular weight excluding hydrogens is 241 g/mol. The van der Waals surface area contributed by atoms with Crippen LogP contribution in [-0.4, -0.2) is 37.3 Å². The van der Waals surface area contributed by atoms with Crippen molar-refractivity contribution < 1.29 is 13.2 Å². The maximum atomic E-state index is 12.5. The Balaban J connectivity index is 2.20. The molecule has 0 aliphatic carbocycles. The maximum Gasteiger partial charge on any atom is 0.391 e. The van der Waals surface area contributed by atoms with E-state index in [4.69, 9.17) is 5.73 Å². The monoisotopic (exact) mass is 266 g/mol. The highest BCUT2D eigenvalue weighted by atomic mass is 19.4. The van der Waals surface area contributed by atoms with Crippen LogP contribution < -0.4 is 5.73 Å². The smallest absolute Gasteiger partial charge is 0.330 e. The van der Waals surface area contributed by atoms with Crippen molar-refractivity contribution in [3.05, 3.63) is 0 Å². The van der Waals surface area contributed by atoms with Gasteiger partial charge < -0.3 is 10.6 Å². The number of likely N-dealkylation sites (tertiary alicyclic amines) is 1. The van der Waals surface area contributed by atoms with E-state index in [0.29, 0.717) is 19.6 Å². The average Bonchev–Trinajstić information content (AvgIpc) is 2.28. The molecule has 1 aliphatic rings. The molecule has 1 fully saturated rings. The first-order chi connectivity index (χ1) is 8.24. The zero-order valence-corrected chi connectivity index (χ0v) is 11.4. The summed E-state index contributed by atoms with van der Waals surface area (Å²) in [6.07, 6.45) is -1.45. The topological polar surface area (TPSA) is 29.3 Å². The first kappa shape index (κ1) is 15.8. The normalized spacial score (nSPS) is 20.3. The predicted molar refractivity (Wildman–Crippen MR) is 67.3 cm³/mol. The Morgan fingerprint density at radius 3 is 2.17 bits per heavy atom. The van der Waals surface area contributed by atoms with Crippen molar-refractivity contribution in [3.63, 3.8) is 0 Å². The minimum Gasteiger partial charge on any atom is -0.330 e. The highest BCUT2D eigenvalue weighted by Gasteiger charge is 2.40. The molecule has 1 heterocycles. The van der Waals surface area contributed by atoms with E-state index in [9.17, 15) is 13.2 Å². The minimum absolute atomic E-state index is 0.143. The van der Waals surface area contributed by atoms with E-state index in [2.05, 4.69) is 18.7 Å². The summed E-state index contributed by atoms with van der Waals surface area (Å²) in [5, 5.41) is 0. The Morgan fingerprint density at radius 2 is 1.72 bits per heavy atom. The van der Waals surface area contributed by atoms with E-state index in [1.807, 2.05) is 0 Å². The summed E-state index contributed by atoms with van der Waals surface area (Å²) in [7, 11) is 0. The summed E-state index contributed by atoms with van der Waals surface area (Å²) in [4.78, 5) is 2.15. The van der Waals surface area contributed by atoms with Crippen LogP contribution in [0.15, 0.2) is 0 Å². The summed E-state index contributed by atoms with van der Waals surface area (Å²) >= 11 is 0. The van der Waals surface area contributed by atoms with Crippen molar-refractivity contribution in [1.29, 1.82) is 0 Å². The van der Waals surface area contributed by atoms with Crippen LogP contribution in [0.3, 0.4) is 0 Å². The molecule has 0 aromatic carbocycles. The van der Waals surface area contributed by atoms with Crippen molar-refractivity contribution in [1.82, 2.24) is 4.90 Å². The van der Waals surface area contributed by atoms with E-state index in [0.717, 1.165) is 19.4 Å². The number of nitrogens with two attached hydrogens (primary N) is 1. The van der Waals surface area contributed by atoms with Gasteiger partial charge in [0.15, 0.2) is 0 Å². The molecule has 0 aromatic heterocycles. The molecule has 0 aromatic rings. The Labute approximate surface area is 108 Å². The van der Waals surface area contributed by atoms with E-state index in [1.165, 1.54) is 0 Å². The van der Waals surface area contributed by atoms with Crippen LogP contribution in [0.5, 0.6) is 0 Å². The van der Waals surface area contributed by atoms with Crippen LogP contribution in [0.4, 0.5) is 13.2 Å². The van der Waals surface area contributed by atoms with Gasteiger partial charge in [-0.15, -0.1) is 0 Å². The molecule has 1 rings (SSSR count). The first-order valence-corrected chi connectivity index (χ1v) is 6.74. The summed E-state index contributed by atoms with van der Waals surface area (Å²) in [6, 6.07) is 0. The van der Waals surface area contributed by atoms with Crippen LogP contribution in [0.1, 0.15) is 39.5 Å². The number of hydrogen-bond acceptors (Lipinski definition) is 2. The van der Waals surface area contributed by atoms with Crippen molar-refractivity contribution in [2.75, 3.05) is 26.2 Å². The van der Waals surface area contributed by atoms with E-state index in [-0.39, 0.29) is 18.3 Å². The summed E-state index contributed by atoms with van der Waals surface area (Å²) < 4.78 is 37.5. The zero-order chi connectivity index (χ0) is 13.8. The lowest BCUT2D eigenvalue weighted by atomic mass is 9.88. The Morgan fingerprint density at radius 1 is 1.17 bits per heavy atom. The Bertz CT molecular complexity index is 243. The Hall–Kier alpha value is -0.290. The summed E-state index contributed by atoms with van der Waals surface area (Å²) in [5.41, 5.74) is 5.80. The maximum absolute atomic E-state index is 12.5. The fraction of sp³-hybridized carbons (Fsp3) is 1.00. The third-order valence-corrected chi connectivity index (χ3v) is 3.93. The zero-order valence-electron chi connectivity index (χ0n) is 11.4. The van der Waals surface area contributed by atoms with Crippen LogP contribution in [0.2, 0.25) is 0 Å². The summed E-state index contributed by atoms with van der Waals surface area (Å²) in [6.45, 7) is 6.96. The van der Waals surface area contributed by atoms with Gasteiger partial charge in [-0.25, -0.2) is 0 Å². The third-order valence-electron chi connectivity index (χ3n) is 3.93. The van der Waals surface area contributed by atoms with Gasteiger partial charge in [0.05, 0.1) is 5.92 Å². The van der Waals surface area contributed by atoms with Crippen molar-refractivity contribution in [2.45, 2.75) is 45.7 Å². The molecular formula is C13H25F3N2. The van der Waals surface area contributed by atoms with Gasteiger partial charge in [-0.1, -0.05) is 13.8 Å². The SMILES string of the molecule is CC(C)(CN)CCCN1CCC(C(F)(F)F)CC1. The molecule has 0 bridgehead atoms. The summed E-state index contributed by atoms with van der Waals surface area (Å²) in [5.74, 6) is -1.09. The van der Waals surface area contributed by atoms with Gasteiger partial charge in [0.1, 0.15) is 0 Å². The number of halogens is 3. The number of piperidine rings is 1. The van der Waals surface area contributed by atoms with E-state index >= 15 is 0 Å². The fourth-order valence-corrected chi connectivity index (χ4v) is 2.37. The van der Waals surface area contributed by atoms with Gasteiger partial charge in [-0.3, -0.25) is 0 Å². The fourth-order valence-electron chi connectivity index (χ4n) is 2.37. The number of hydrogen-bond donors (Lipinski definition) is 1. The molecule has 108 valence electrons. The number of nitrogens with zero attached hydrogens (tertiary/aromatic N) is 1. The highest BCUT2D eigenvalue weighted by Crippen LogP contribution is 2.34. The number of alkyl halides is 3. The standard InChI is InChI=1S/C13H25F3N2/c1-12(2,10-17)6-3-7-18-8-4-11(5-9-18)13(14,15)16/h11H,3-10,17H2,1-2H3. The minimum atomic E-state index is -4.01. The molecule has 1 saturated heterocycles. The largest absolute Gasteiger partial charge is 0.391 e. The molecule has 0 atom stereocenters. The van der Waals surface area contributed by atoms with Crippen molar-refractivity contribution in [2.24, 2.45) is 17.1 Å². The molecule has 0 saturated carbocycles. The van der Waals surface area contributed by atoms with Crippen LogP contribution in [-0.2, 0) is 0 Å². The molecule has 18 heavy (non-hydrogen) atoms. The van der Waals surface area contributed by atoms with Gasteiger partial charge in [-0.2, -0.15) is 13.2 Å². The van der Waals surface area contributed by atoms with Crippen LogP contribution in [0.25, 0.3) is 0 Å². The second-order valence-electron chi connectivity index (χ2n) is 6.13. The van der Waals surface area contributed by atoms with Crippen molar-refractivity contribution in [3.8, 4) is 0 Å².